The average Bonchev–Trinajstić information content (AvgIpc) is 2.45. The normalized spacial score (nSPS) is 26.4. The zero-order valence-electron chi connectivity index (χ0n) is 11.9. The van der Waals surface area contributed by atoms with Gasteiger partial charge in [-0.25, -0.2) is 0 Å². The molecule has 1 aliphatic heterocycles. The summed E-state index contributed by atoms with van der Waals surface area (Å²) in [6.45, 7) is 0.860. The quantitative estimate of drug-likeness (QED) is 0.867. The highest BCUT2D eigenvalue weighted by molar-refractivity contribution is 5.82. The highest BCUT2D eigenvalue weighted by Crippen LogP contribution is 2.35. The van der Waals surface area contributed by atoms with Gasteiger partial charge in [-0.2, -0.15) is 0 Å². The van der Waals surface area contributed by atoms with Crippen LogP contribution in [0.25, 0.3) is 0 Å². The van der Waals surface area contributed by atoms with Crippen molar-refractivity contribution in [2.75, 3.05) is 13.6 Å². The highest BCUT2D eigenvalue weighted by atomic mass is 16.3. The Kier molecular flexibility index (Phi) is 3.66. The van der Waals surface area contributed by atoms with Crippen molar-refractivity contribution in [3.05, 3.63) is 29.3 Å². The SMILES string of the molecule is CN1CCCC(NC2CCCc3c(O)cccc32)C1=O. The lowest BCUT2D eigenvalue weighted by molar-refractivity contribution is -0.134. The van der Waals surface area contributed by atoms with E-state index in [-0.39, 0.29) is 18.0 Å². The number of piperidine rings is 1. The summed E-state index contributed by atoms with van der Waals surface area (Å²) in [6.07, 6.45) is 4.98. The van der Waals surface area contributed by atoms with Crippen molar-refractivity contribution in [2.24, 2.45) is 0 Å². The van der Waals surface area contributed by atoms with E-state index >= 15 is 0 Å². The van der Waals surface area contributed by atoms with Gasteiger partial charge in [0.05, 0.1) is 6.04 Å². The van der Waals surface area contributed by atoms with E-state index in [0.717, 1.165) is 49.8 Å². The average molecular weight is 274 g/mol. The van der Waals surface area contributed by atoms with Crippen LogP contribution in [0, 0.1) is 0 Å². The molecule has 1 heterocycles. The number of amides is 1. The second-order valence-electron chi connectivity index (χ2n) is 5.91. The summed E-state index contributed by atoms with van der Waals surface area (Å²) in [5.74, 6) is 0.588. The summed E-state index contributed by atoms with van der Waals surface area (Å²) in [6, 6.07) is 5.82. The number of hydrogen-bond donors (Lipinski definition) is 2. The number of carbonyl (C=O) groups is 1. The fourth-order valence-corrected chi connectivity index (χ4v) is 3.43. The van der Waals surface area contributed by atoms with Crippen LogP contribution in [-0.4, -0.2) is 35.5 Å². The summed E-state index contributed by atoms with van der Waals surface area (Å²) >= 11 is 0. The van der Waals surface area contributed by atoms with Gasteiger partial charge >= 0.3 is 0 Å². The molecule has 0 aromatic heterocycles. The number of hydrogen-bond acceptors (Lipinski definition) is 3. The molecule has 0 radical (unpaired) electrons. The number of fused-ring (bicyclic) bond motifs is 1. The Bertz CT molecular complexity index is 515. The van der Waals surface area contributed by atoms with Gasteiger partial charge in [0, 0.05) is 19.6 Å². The van der Waals surface area contributed by atoms with Crippen molar-refractivity contribution >= 4 is 5.91 Å². The Morgan fingerprint density at radius 2 is 2.05 bits per heavy atom. The van der Waals surface area contributed by atoms with E-state index in [1.54, 1.807) is 6.07 Å². The Hall–Kier alpha value is -1.55. The zero-order chi connectivity index (χ0) is 14.1. The fraction of sp³-hybridized carbons (Fsp3) is 0.562. The number of aromatic hydroxyl groups is 1. The van der Waals surface area contributed by atoms with E-state index in [0.29, 0.717) is 5.75 Å². The first-order chi connectivity index (χ1) is 9.66. The van der Waals surface area contributed by atoms with Gasteiger partial charge in [-0.3, -0.25) is 10.1 Å². The van der Waals surface area contributed by atoms with E-state index in [9.17, 15) is 9.90 Å². The molecule has 2 aliphatic rings. The highest BCUT2D eigenvalue weighted by Gasteiger charge is 2.30. The summed E-state index contributed by atoms with van der Waals surface area (Å²) in [7, 11) is 1.87. The maximum absolute atomic E-state index is 12.2. The van der Waals surface area contributed by atoms with Crippen LogP contribution in [-0.2, 0) is 11.2 Å². The molecule has 1 aromatic carbocycles. The van der Waals surface area contributed by atoms with Crippen LogP contribution in [0.5, 0.6) is 5.75 Å². The minimum atomic E-state index is -0.0768. The van der Waals surface area contributed by atoms with Gasteiger partial charge in [0.25, 0.3) is 0 Å². The molecular formula is C16H22N2O2. The summed E-state index contributed by atoms with van der Waals surface area (Å²) < 4.78 is 0. The molecule has 0 saturated carbocycles. The molecule has 4 nitrogen and oxygen atoms in total. The Balaban J connectivity index is 1.79. The Morgan fingerprint density at radius 3 is 2.90 bits per heavy atom. The van der Waals surface area contributed by atoms with Crippen molar-refractivity contribution in [3.63, 3.8) is 0 Å². The lowest BCUT2D eigenvalue weighted by Gasteiger charge is -2.35. The van der Waals surface area contributed by atoms with Gasteiger partial charge in [0.2, 0.25) is 5.91 Å². The van der Waals surface area contributed by atoms with Gasteiger partial charge in [-0.1, -0.05) is 12.1 Å². The number of nitrogens with one attached hydrogen (secondary N) is 1. The number of likely N-dealkylation sites (N-methyl/N-ethyl adjacent to an activating group) is 1. The number of likely N-dealkylation sites (tertiary alicyclic amines) is 1. The molecule has 108 valence electrons. The van der Waals surface area contributed by atoms with Crippen molar-refractivity contribution in [3.8, 4) is 5.75 Å². The standard InChI is InChI=1S/C16H22N2O2/c1-18-10-4-8-14(16(18)20)17-13-7-2-6-12-11(13)5-3-9-15(12)19/h3,5,9,13-14,17,19H,2,4,6-8,10H2,1H3. The van der Waals surface area contributed by atoms with Crippen LogP contribution in [0.15, 0.2) is 18.2 Å². The van der Waals surface area contributed by atoms with Crippen LogP contribution in [0.4, 0.5) is 0 Å². The number of carbonyl (C=O) groups excluding carboxylic acids is 1. The van der Waals surface area contributed by atoms with Crippen LogP contribution in [0.3, 0.4) is 0 Å². The Labute approximate surface area is 119 Å². The third-order valence-electron chi connectivity index (χ3n) is 4.55. The van der Waals surface area contributed by atoms with Gasteiger partial charge < -0.3 is 10.0 Å². The van der Waals surface area contributed by atoms with E-state index in [1.807, 2.05) is 18.0 Å². The molecule has 1 amide bonds. The minimum Gasteiger partial charge on any atom is -0.508 e. The summed E-state index contributed by atoms with van der Waals surface area (Å²) in [4.78, 5) is 14.0. The predicted octanol–water partition coefficient (Wildman–Crippen LogP) is 1.98. The Morgan fingerprint density at radius 1 is 1.25 bits per heavy atom. The van der Waals surface area contributed by atoms with Gasteiger partial charge in [-0.15, -0.1) is 0 Å². The van der Waals surface area contributed by atoms with E-state index in [2.05, 4.69) is 11.4 Å². The van der Waals surface area contributed by atoms with Crippen LogP contribution < -0.4 is 5.32 Å². The third-order valence-corrected chi connectivity index (χ3v) is 4.55. The first-order valence-corrected chi connectivity index (χ1v) is 7.48. The van der Waals surface area contributed by atoms with Gasteiger partial charge in [0.15, 0.2) is 0 Å². The largest absolute Gasteiger partial charge is 0.508 e. The third kappa shape index (κ3) is 2.40. The number of phenols is 1. The maximum Gasteiger partial charge on any atom is 0.239 e. The molecule has 4 heteroatoms. The molecule has 1 aliphatic carbocycles. The molecule has 0 bridgehead atoms. The molecular weight excluding hydrogens is 252 g/mol. The van der Waals surface area contributed by atoms with Crippen molar-refractivity contribution < 1.29 is 9.90 Å². The topological polar surface area (TPSA) is 52.6 Å². The van der Waals surface area contributed by atoms with Crippen LogP contribution in [0.1, 0.15) is 42.9 Å². The maximum atomic E-state index is 12.2. The van der Waals surface area contributed by atoms with Crippen molar-refractivity contribution in [1.82, 2.24) is 10.2 Å². The lowest BCUT2D eigenvalue weighted by Crippen LogP contribution is -2.50. The van der Waals surface area contributed by atoms with Crippen LogP contribution >= 0.6 is 0 Å². The molecule has 0 spiro atoms. The van der Waals surface area contributed by atoms with E-state index in [4.69, 9.17) is 0 Å². The van der Waals surface area contributed by atoms with Gasteiger partial charge in [0.1, 0.15) is 5.75 Å². The number of benzene rings is 1. The minimum absolute atomic E-state index is 0.0768. The second-order valence-corrected chi connectivity index (χ2v) is 5.91. The molecule has 3 rings (SSSR count). The summed E-state index contributed by atoms with van der Waals surface area (Å²) in [5, 5.41) is 13.5. The van der Waals surface area contributed by atoms with Crippen molar-refractivity contribution in [2.45, 2.75) is 44.2 Å². The first-order valence-electron chi connectivity index (χ1n) is 7.48. The van der Waals surface area contributed by atoms with Gasteiger partial charge in [-0.05, 0) is 49.3 Å². The fourth-order valence-electron chi connectivity index (χ4n) is 3.43. The first kappa shape index (κ1) is 13.4. The molecule has 1 saturated heterocycles. The molecule has 2 N–H and O–H groups in total. The number of phenolic OH excluding ortho intramolecular Hbond substituents is 1. The van der Waals surface area contributed by atoms with E-state index < -0.39 is 0 Å². The molecule has 20 heavy (non-hydrogen) atoms. The molecule has 2 unspecified atom stereocenters. The summed E-state index contributed by atoms with van der Waals surface area (Å²) in [5.41, 5.74) is 2.21. The number of rotatable bonds is 2. The lowest BCUT2D eigenvalue weighted by atomic mass is 9.86. The monoisotopic (exact) mass is 274 g/mol. The smallest absolute Gasteiger partial charge is 0.239 e. The van der Waals surface area contributed by atoms with Crippen LogP contribution in [0.2, 0.25) is 0 Å². The number of nitrogens with zero attached hydrogens (tertiary/aromatic N) is 1. The second kappa shape index (κ2) is 5.44. The molecule has 1 aromatic rings. The van der Waals surface area contributed by atoms with E-state index in [1.165, 1.54) is 0 Å². The van der Waals surface area contributed by atoms with Crippen molar-refractivity contribution in [1.29, 1.82) is 0 Å². The predicted molar refractivity (Wildman–Crippen MR) is 77.6 cm³/mol. The molecule has 1 fully saturated rings. The zero-order valence-corrected chi connectivity index (χ0v) is 11.9. The molecule has 2 atom stereocenters.